The Labute approximate surface area is 103 Å². The number of aliphatic hydroxyl groups excluding tert-OH is 1. The molecular formula is C10H14BrClN2O. The Hall–Kier alpha value is -0.320. The number of hydrogen-bond acceptors (Lipinski definition) is 3. The van der Waals surface area contributed by atoms with Crippen molar-refractivity contribution in [2.24, 2.45) is 0 Å². The maximum Gasteiger partial charge on any atom is 0.147 e. The minimum absolute atomic E-state index is 0.0895. The average molecular weight is 294 g/mol. The molecule has 5 heteroatoms. The van der Waals surface area contributed by atoms with Gasteiger partial charge in [0.15, 0.2) is 0 Å². The van der Waals surface area contributed by atoms with Gasteiger partial charge in [0.1, 0.15) is 5.82 Å². The summed E-state index contributed by atoms with van der Waals surface area (Å²) in [5, 5.41) is 9.56. The smallest absolute Gasteiger partial charge is 0.147 e. The third kappa shape index (κ3) is 3.33. The van der Waals surface area contributed by atoms with Gasteiger partial charge in [0, 0.05) is 23.3 Å². The predicted molar refractivity (Wildman–Crippen MR) is 66.5 cm³/mol. The van der Waals surface area contributed by atoms with Crippen LogP contribution < -0.4 is 4.90 Å². The molecule has 15 heavy (non-hydrogen) atoms. The summed E-state index contributed by atoms with van der Waals surface area (Å²) >= 11 is 9.39. The molecule has 0 amide bonds. The summed E-state index contributed by atoms with van der Waals surface area (Å²) in [6.45, 7) is 4.70. The van der Waals surface area contributed by atoms with E-state index in [0.717, 1.165) is 4.47 Å². The number of aliphatic hydroxyl groups is 1. The largest absolute Gasteiger partial charge is 0.395 e. The molecule has 0 saturated carbocycles. The molecule has 1 N–H and O–H groups in total. The Morgan fingerprint density at radius 2 is 2.27 bits per heavy atom. The summed E-state index contributed by atoms with van der Waals surface area (Å²) in [6.07, 6.45) is 1.70. The molecular weight excluding hydrogens is 279 g/mol. The summed E-state index contributed by atoms with van der Waals surface area (Å²) in [4.78, 5) is 6.22. The maximum atomic E-state index is 8.97. The van der Waals surface area contributed by atoms with Crippen molar-refractivity contribution < 1.29 is 5.11 Å². The van der Waals surface area contributed by atoms with Crippen molar-refractivity contribution in [3.63, 3.8) is 0 Å². The van der Waals surface area contributed by atoms with Crippen LogP contribution in [0.3, 0.4) is 0 Å². The van der Waals surface area contributed by atoms with Gasteiger partial charge in [0.05, 0.1) is 11.6 Å². The number of nitrogens with zero attached hydrogens (tertiary/aromatic N) is 2. The van der Waals surface area contributed by atoms with Crippen molar-refractivity contribution in [2.45, 2.75) is 19.9 Å². The molecule has 3 nitrogen and oxygen atoms in total. The fourth-order valence-corrected chi connectivity index (χ4v) is 2.07. The second kappa shape index (κ2) is 5.68. The SMILES string of the molecule is CC(C)N(CCO)c1ncc(Br)cc1Cl. The summed E-state index contributed by atoms with van der Waals surface area (Å²) in [5.41, 5.74) is 0. The lowest BCUT2D eigenvalue weighted by Crippen LogP contribution is -2.34. The van der Waals surface area contributed by atoms with Crippen LogP contribution in [-0.2, 0) is 0 Å². The Bertz CT molecular complexity index is 333. The molecule has 0 aliphatic heterocycles. The molecule has 1 heterocycles. The zero-order chi connectivity index (χ0) is 11.4. The zero-order valence-electron chi connectivity index (χ0n) is 8.74. The highest BCUT2D eigenvalue weighted by atomic mass is 79.9. The number of halogens is 2. The molecule has 0 unspecified atom stereocenters. The van der Waals surface area contributed by atoms with E-state index in [9.17, 15) is 0 Å². The summed E-state index contributed by atoms with van der Waals surface area (Å²) in [5.74, 6) is 0.712. The molecule has 0 atom stereocenters. The lowest BCUT2D eigenvalue weighted by atomic mass is 10.3. The van der Waals surface area contributed by atoms with Gasteiger partial charge < -0.3 is 10.0 Å². The zero-order valence-corrected chi connectivity index (χ0v) is 11.1. The van der Waals surface area contributed by atoms with E-state index in [0.29, 0.717) is 17.4 Å². The van der Waals surface area contributed by atoms with Crippen molar-refractivity contribution in [1.82, 2.24) is 4.98 Å². The molecule has 1 aromatic rings. The van der Waals surface area contributed by atoms with Gasteiger partial charge in [0.25, 0.3) is 0 Å². The van der Waals surface area contributed by atoms with Gasteiger partial charge in [0.2, 0.25) is 0 Å². The van der Waals surface area contributed by atoms with Gasteiger partial charge >= 0.3 is 0 Å². The van der Waals surface area contributed by atoms with Crippen molar-refractivity contribution in [3.05, 3.63) is 21.8 Å². The van der Waals surface area contributed by atoms with Crippen LogP contribution in [0.15, 0.2) is 16.7 Å². The van der Waals surface area contributed by atoms with E-state index >= 15 is 0 Å². The van der Waals surface area contributed by atoms with Crippen LogP contribution in [0.25, 0.3) is 0 Å². The van der Waals surface area contributed by atoms with Crippen LogP contribution >= 0.6 is 27.5 Å². The highest BCUT2D eigenvalue weighted by Crippen LogP contribution is 2.27. The normalized spacial score (nSPS) is 10.8. The van der Waals surface area contributed by atoms with E-state index in [1.54, 1.807) is 12.3 Å². The molecule has 1 aromatic heterocycles. The number of hydrogen-bond donors (Lipinski definition) is 1. The average Bonchev–Trinajstić information content (AvgIpc) is 2.15. The molecule has 0 bridgehead atoms. The summed E-state index contributed by atoms with van der Waals surface area (Å²) in [7, 11) is 0. The van der Waals surface area contributed by atoms with E-state index < -0.39 is 0 Å². The van der Waals surface area contributed by atoms with E-state index in [-0.39, 0.29) is 12.6 Å². The number of anilines is 1. The van der Waals surface area contributed by atoms with Crippen LogP contribution in [0.5, 0.6) is 0 Å². The van der Waals surface area contributed by atoms with Crippen molar-refractivity contribution >= 4 is 33.3 Å². The monoisotopic (exact) mass is 292 g/mol. The Balaban J connectivity index is 3.00. The van der Waals surface area contributed by atoms with E-state index in [1.165, 1.54) is 0 Å². The van der Waals surface area contributed by atoms with Crippen LogP contribution in [0.4, 0.5) is 5.82 Å². The maximum absolute atomic E-state index is 8.97. The molecule has 84 valence electrons. The highest BCUT2D eigenvalue weighted by molar-refractivity contribution is 9.10. The van der Waals surface area contributed by atoms with Crippen molar-refractivity contribution in [2.75, 3.05) is 18.1 Å². The van der Waals surface area contributed by atoms with Gasteiger partial charge in [-0.1, -0.05) is 11.6 Å². The lowest BCUT2D eigenvalue weighted by molar-refractivity contribution is 0.298. The highest BCUT2D eigenvalue weighted by Gasteiger charge is 2.14. The Kier molecular flexibility index (Phi) is 4.83. The first-order chi connectivity index (χ1) is 7.06. The first-order valence-corrected chi connectivity index (χ1v) is 5.92. The second-order valence-corrected chi connectivity index (χ2v) is 4.79. The van der Waals surface area contributed by atoms with Gasteiger partial charge in [-0.2, -0.15) is 0 Å². The van der Waals surface area contributed by atoms with Crippen LogP contribution in [0.1, 0.15) is 13.8 Å². The molecule has 0 saturated heterocycles. The number of rotatable bonds is 4. The van der Waals surface area contributed by atoms with E-state index in [2.05, 4.69) is 20.9 Å². The molecule has 0 aliphatic rings. The third-order valence-electron chi connectivity index (χ3n) is 2.02. The van der Waals surface area contributed by atoms with Gasteiger partial charge in [-0.25, -0.2) is 4.98 Å². The van der Waals surface area contributed by atoms with Gasteiger partial charge in [-0.3, -0.25) is 0 Å². The molecule has 0 spiro atoms. The number of pyridine rings is 1. The van der Waals surface area contributed by atoms with Gasteiger partial charge in [-0.15, -0.1) is 0 Å². The first kappa shape index (κ1) is 12.7. The second-order valence-electron chi connectivity index (χ2n) is 3.47. The fourth-order valence-electron chi connectivity index (χ4n) is 1.34. The van der Waals surface area contributed by atoms with Crippen LogP contribution in [0, 0.1) is 0 Å². The summed E-state index contributed by atoms with van der Waals surface area (Å²) in [6, 6.07) is 2.06. The van der Waals surface area contributed by atoms with E-state index in [1.807, 2.05) is 18.7 Å². The number of aromatic nitrogens is 1. The Morgan fingerprint density at radius 3 is 2.73 bits per heavy atom. The molecule has 0 radical (unpaired) electrons. The Morgan fingerprint density at radius 1 is 1.60 bits per heavy atom. The minimum atomic E-state index is 0.0895. The van der Waals surface area contributed by atoms with Crippen LogP contribution in [-0.4, -0.2) is 29.3 Å². The molecule has 1 rings (SSSR count). The van der Waals surface area contributed by atoms with Crippen LogP contribution in [0.2, 0.25) is 5.02 Å². The molecule has 0 aromatic carbocycles. The fraction of sp³-hybridized carbons (Fsp3) is 0.500. The van der Waals surface area contributed by atoms with Gasteiger partial charge in [-0.05, 0) is 35.8 Å². The minimum Gasteiger partial charge on any atom is -0.395 e. The van der Waals surface area contributed by atoms with Crippen molar-refractivity contribution in [3.8, 4) is 0 Å². The quantitative estimate of drug-likeness (QED) is 0.927. The molecule has 0 aliphatic carbocycles. The predicted octanol–water partition coefficient (Wildman–Crippen LogP) is 2.70. The lowest BCUT2D eigenvalue weighted by Gasteiger charge is -2.27. The third-order valence-corrected chi connectivity index (χ3v) is 2.74. The molecule has 0 fully saturated rings. The van der Waals surface area contributed by atoms with Crippen molar-refractivity contribution in [1.29, 1.82) is 0 Å². The first-order valence-electron chi connectivity index (χ1n) is 4.74. The summed E-state index contributed by atoms with van der Waals surface area (Å²) < 4.78 is 0.851. The van der Waals surface area contributed by atoms with E-state index in [4.69, 9.17) is 16.7 Å². The standard InChI is InChI=1S/C10H14BrClN2O/c1-7(2)14(3-4-15)10-9(12)5-8(11)6-13-10/h5-7,15H,3-4H2,1-2H3. The topological polar surface area (TPSA) is 36.4 Å².